The number of halogens is 1. The highest BCUT2D eigenvalue weighted by molar-refractivity contribution is 6.31. The maximum atomic E-state index is 12.6. The number of carbonyl (C=O) groups is 2. The van der Waals surface area contributed by atoms with Crippen LogP contribution in [0.2, 0.25) is 5.02 Å². The van der Waals surface area contributed by atoms with Crippen molar-refractivity contribution in [2.45, 2.75) is 72.6 Å². The fourth-order valence-corrected chi connectivity index (χ4v) is 3.27. The predicted molar refractivity (Wildman–Crippen MR) is 126 cm³/mol. The van der Waals surface area contributed by atoms with Gasteiger partial charge in [0.25, 0.3) is 0 Å². The molecule has 0 saturated heterocycles. The van der Waals surface area contributed by atoms with Gasteiger partial charge in [0.05, 0.1) is 13.2 Å². The maximum Gasteiger partial charge on any atom is 0.311 e. The molecule has 6 nitrogen and oxygen atoms in total. The highest BCUT2D eigenvalue weighted by Crippen LogP contribution is 2.52. The van der Waals surface area contributed by atoms with Crippen molar-refractivity contribution < 1.29 is 28.5 Å². The zero-order valence-electron chi connectivity index (χ0n) is 19.4. The Morgan fingerprint density at radius 3 is 1.91 bits per heavy atom. The number of unbranched alkanes of at least 4 members (excludes halogenated alkanes) is 2. The Morgan fingerprint density at radius 2 is 1.34 bits per heavy atom. The Balaban J connectivity index is 2.73. The molecule has 0 radical (unpaired) electrons. The average molecular weight is 465 g/mol. The van der Waals surface area contributed by atoms with Crippen LogP contribution in [0.1, 0.15) is 72.6 Å². The van der Waals surface area contributed by atoms with E-state index >= 15 is 0 Å². The summed E-state index contributed by atoms with van der Waals surface area (Å²) in [6, 6.07) is 5.10. The molecule has 0 aliphatic heterocycles. The summed E-state index contributed by atoms with van der Waals surface area (Å²) in [7, 11) is 0. The zero-order valence-corrected chi connectivity index (χ0v) is 20.2. The molecule has 0 aliphatic rings. The van der Waals surface area contributed by atoms with E-state index in [1.807, 2.05) is 13.8 Å². The molecule has 2 aromatic carbocycles. The van der Waals surface area contributed by atoms with Gasteiger partial charge >= 0.3 is 11.9 Å². The van der Waals surface area contributed by atoms with Crippen molar-refractivity contribution in [3.8, 4) is 23.0 Å². The number of fused-ring (bicyclic) bond motifs is 1. The summed E-state index contributed by atoms with van der Waals surface area (Å²) in [4.78, 5) is 24.9. The van der Waals surface area contributed by atoms with Crippen LogP contribution in [-0.4, -0.2) is 25.2 Å². The van der Waals surface area contributed by atoms with Crippen molar-refractivity contribution in [2.24, 2.45) is 0 Å². The molecule has 0 unspecified atom stereocenters. The van der Waals surface area contributed by atoms with Crippen molar-refractivity contribution in [3.05, 3.63) is 23.2 Å². The molecule has 0 fully saturated rings. The molecular weight excluding hydrogens is 432 g/mol. The van der Waals surface area contributed by atoms with E-state index in [1.165, 1.54) is 0 Å². The topological polar surface area (TPSA) is 71.1 Å². The molecule has 0 atom stereocenters. The minimum atomic E-state index is -0.418. The normalized spacial score (nSPS) is 10.8. The van der Waals surface area contributed by atoms with E-state index in [2.05, 4.69) is 6.92 Å². The van der Waals surface area contributed by atoms with Crippen LogP contribution < -0.4 is 18.9 Å². The predicted octanol–water partition coefficient (Wildman–Crippen LogP) is 6.87. The summed E-state index contributed by atoms with van der Waals surface area (Å²) in [6.07, 6.45) is 4.65. The zero-order chi connectivity index (χ0) is 23.5. The largest absolute Gasteiger partial charge is 0.486 e. The van der Waals surface area contributed by atoms with E-state index in [4.69, 9.17) is 30.5 Å². The third-order valence-electron chi connectivity index (χ3n) is 4.70. The van der Waals surface area contributed by atoms with Crippen molar-refractivity contribution in [1.82, 2.24) is 0 Å². The lowest BCUT2D eigenvalue weighted by Gasteiger charge is -2.21. The van der Waals surface area contributed by atoms with Gasteiger partial charge in [-0.05, 0) is 37.5 Å². The van der Waals surface area contributed by atoms with Crippen molar-refractivity contribution in [3.63, 3.8) is 0 Å². The molecular formula is C25H33ClO6. The third-order valence-corrected chi connectivity index (χ3v) is 4.93. The molecule has 0 aromatic heterocycles. The minimum absolute atomic E-state index is 0.189. The van der Waals surface area contributed by atoms with Crippen LogP contribution in [0.5, 0.6) is 23.0 Å². The Kier molecular flexibility index (Phi) is 10.6. The first kappa shape index (κ1) is 25.8. The molecule has 7 heteroatoms. The van der Waals surface area contributed by atoms with Gasteiger partial charge < -0.3 is 18.9 Å². The highest BCUT2D eigenvalue weighted by atomic mass is 35.5. The maximum absolute atomic E-state index is 12.6. The van der Waals surface area contributed by atoms with E-state index < -0.39 is 5.97 Å². The standard InChI is InChI=1S/C25H33ClO6/c1-5-9-10-11-21(28)32-22-18-13-12-17(26)16-19(18)23(31-20(27)8-4)25(30-15-7-3)24(22)29-14-6-2/h12-13,16H,5-11,14-15H2,1-4H3. The quantitative estimate of drug-likeness (QED) is 0.183. The molecule has 0 aliphatic carbocycles. The van der Waals surface area contributed by atoms with Gasteiger partial charge in [-0.25, -0.2) is 0 Å². The number of esters is 2. The summed E-state index contributed by atoms with van der Waals surface area (Å²) < 4.78 is 23.5. The van der Waals surface area contributed by atoms with Crippen LogP contribution in [-0.2, 0) is 9.59 Å². The fourth-order valence-electron chi connectivity index (χ4n) is 3.10. The number of ether oxygens (including phenoxy) is 4. The summed E-state index contributed by atoms with van der Waals surface area (Å²) >= 11 is 6.26. The van der Waals surface area contributed by atoms with Crippen LogP contribution in [0, 0.1) is 0 Å². The van der Waals surface area contributed by atoms with Gasteiger partial charge in [0.15, 0.2) is 11.5 Å². The fraction of sp³-hybridized carbons (Fsp3) is 0.520. The number of rotatable bonds is 13. The average Bonchev–Trinajstić information content (AvgIpc) is 2.78. The van der Waals surface area contributed by atoms with Gasteiger partial charge in [0, 0.05) is 28.6 Å². The second-order valence-corrected chi connectivity index (χ2v) is 7.90. The van der Waals surface area contributed by atoms with E-state index in [1.54, 1.807) is 25.1 Å². The Bertz CT molecular complexity index is 925. The summed E-state index contributed by atoms with van der Waals surface area (Å²) in [5.41, 5.74) is 0. The molecule has 0 heterocycles. The van der Waals surface area contributed by atoms with Gasteiger partial charge in [0.1, 0.15) is 0 Å². The summed E-state index contributed by atoms with van der Waals surface area (Å²) in [5, 5.41) is 1.54. The van der Waals surface area contributed by atoms with Gasteiger partial charge in [0.2, 0.25) is 11.5 Å². The highest BCUT2D eigenvalue weighted by Gasteiger charge is 2.27. The lowest BCUT2D eigenvalue weighted by Crippen LogP contribution is -2.13. The second kappa shape index (κ2) is 13.2. The van der Waals surface area contributed by atoms with Crippen molar-refractivity contribution >= 4 is 34.3 Å². The molecule has 2 aromatic rings. The summed E-state index contributed by atoms with van der Waals surface area (Å²) in [5.74, 6) is 0.217. The third kappa shape index (κ3) is 6.76. The Morgan fingerprint density at radius 1 is 0.750 bits per heavy atom. The molecule has 176 valence electrons. The molecule has 0 bridgehead atoms. The van der Waals surface area contributed by atoms with Gasteiger partial charge in [-0.1, -0.05) is 52.1 Å². The SMILES string of the molecule is CCCCCC(=O)Oc1c(OCCC)c(OCCC)c(OC(=O)CC)c2cc(Cl)ccc12. The first-order valence-corrected chi connectivity index (χ1v) is 11.8. The van der Waals surface area contributed by atoms with E-state index in [9.17, 15) is 9.59 Å². The van der Waals surface area contributed by atoms with Crippen LogP contribution in [0.25, 0.3) is 10.8 Å². The smallest absolute Gasteiger partial charge is 0.311 e. The van der Waals surface area contributed by atoms with Crippen molar-refractivity contribution in [1.29, 1.82) is 0 Å². The first-order valence-electron chi connectivity index (χ1n) is 11.4. The molecule has 32 heavy (non-hydrogen) atoms. The van der Waals surface area contributed by atoms with Crippen LogP contribution in [0.4, 0.5) is 0 Å². The molecule has 0 N–H and O–H groups in total. The van der Waals surface area contributed by atoms with E-state index in [0.29, 0.717) is 35.4 Å². The number of carbonyl (C=O) groups excluding carboxylic acids is 2. The lowest BCUT2D eigenvalue weighted by molar-refractivity contribution is -0.135. The number of hydrogen-bond donors (Lipinski definition) is 0. The second-order valence-electron chi connectivity index (χ2n) is 7.46. The molecule has 0 spiro atoms. The number of hydrogen-bond acceptors (Lipinski definition) is 6. The van der Waals surface area contributed by atoms with Gasteiger partial charge in [-0.15, -0.1) is 0 Å². The molecule has 2 rings (SSSR count). The first-order chi connectivity index (χ1) is 15.5. The lowest BCUT2D eigenvalue weighted by atomic mass is 10.1. The molecule has 0 saturated carbocycles. The Labute approximate surface area is 195 Å². The van der Waals surface area contributed by atoms with Crippen molar-refractivity contribution in [2.75, 3.05) is 13.2 Å². The van der Waals surface area contributed by atoms with Gasteiger partial charge in [-0.2, -0.15) is 0 Å². The monoisotopic (exact) mass is 464 g/mol. The number of benzene rings is 2. The van der Waals surface area contributed by atoms with Crippen LogP contribution >= 0.6 is 11.6 Å². The van der Waals surface area contributed by atoms with Crippen LogP contribution in [0.3, 0.4) is 0 Å². The van der Waals surface area contributed by atoms with Gasteiger partial charge in [-0.3, -0.25) is 9.59 Å². The van der Waals surface area contributed by atoms with E-state index in [-0.39, 0.29) is 35.4 Å². The Hall–Kier alpha value is -2.47. The van der Waals surface area contributed by atoms with Crippen LogP contribution in [0.15, 0.2) is 18.2 Å². The molecule has 0 amide bonds. The minimum Gasteiger partial charge on any atom is -0.486 e. The summed E-state index contributed by atoms with van der Waals surface area (Å²) in [6.45, 7) is 8.48. The van der Waals surface area contributed by atoms with E-state index in [0.717, 1.165) is 32.1 Å².